The number of carboxylic acid groups (broad SMARTS) is 1. The molecule has 0 fully saturated rings. The van der Waals surface area contributed by atoms with E-state index in [0.717, 1.165) is 0 Å². The van der Waals surface area contributed by atoms with Gasteiger partial charge in [-0.05, 0) is 12.1 Å². The predicted molar refractivity (Wildman–Crippen MR) is 52.0 cm³/mol. The van der Waals surface area contributed by atoms with Crippen molar-refractivity contribution in [2.24, 2.45) is 0 Å². The van der Waals surface area contributed by atoms with E-state index in [1.54, 1.807) is 0 Å². The van der Waals surface area contributed by atoms with Gasteiger partial charge >= 0.3 is 29.6 Å². The molecule has 0 atom stereocenters. The third-order valence-corrected chi connectivity index (χ3v) is 2.42. The summed E-state index contributed by atoms with van der Waals surface area (Å²) in [4.78, 5) is 10.1. The molecule has 1 aromatic rings. The quantitative estimate of drug-likeness (QED) is 0.514. The normalized spacial score (nSPS) is 9.27. The van der Waals surface area contributed by atoms with E-state index in [1.807, 2.05) is 0 Å². The van der Waals surface area contributed by atoms with Gasteiger partial charge in [-0.1, -0.05) is 34.8 Å². The van der Waals surface area contributed by atoms with Gasteiger partial charge < -0.3 is 14.6 Å². The molecule has 7 heteroatoms. The molecular weight excluding hydrogens is 273 g/mol. The van der Waals surface area contributed by atoms with Crippen molar-refractivity contribution < 1.29 is 44.2 Å². The van der Waals surface area contributed by atoms with Crippen LogP contribution in [0.5, 0.6) is 5.75 Å². The zero-order chi connectivity index (χ0) is 10.7. The number of hydrogen-bond donors (Lipinski definition) is 0. The maximum atomic E-state index is 10.1. The first-order chi connectivity index (χ1) is 6.52. The second kappa shape index (κ2) is 6.84. The van der Waals surface area contributed by atoms with Gasteiger partial charge in [-0.3, -0.25) is 0 Å². The van der Waals surface area contributed by atoms with Crippen LogP contribution in [0.15, 0.2) is 12.1 Å². The number of aliphatic carboxylic acids is 1. The minimum Gasteiger partial charge on any atom is -0.546 e. The first kappa shape index (κ1) is 15.4. The SMILES string of the molecule is O=C([O-])COc1c(Cl)ccc(Cl)c1Cl.[Na+]. The molecular formula is C8H4Cl3NaO3. The molecule has 1 rings (SSSR count). The monoisotopic (exact) mass is 276 g/mol. The Kier molecular flexibility index (Phi) is 7.00. The van der Waals surface area contributed by atoms with Crippen molar-refractivity contribution in [3.8, 4) is 5.75 Å². The van der Waals surface area contributed by atoms with E-state index in [1.165, 1.54) is 12.1 Å². The molecule has 0 amide bonds. The van der Waals surface area contributed by atoms with Crippen LogP contribution in [-0.4, -0.2) is 12.6 Å². The smallest absolute Gasteiger partial charge is 0.546 e. The van der Waals surface area contributed by atoms with Crippen LogP contribution in [0.1, 0.15) is 0 Å². The van der Waals surface area contributed by atoms with E-state index in [4.69, 9.17) is 39.5 Å². The van der Waals surface area contributed by atoms with Gasteiger partial charge in [0.25, 0.3) is 0 Å². The number of benzene rings is 1. The van der Waals surface area contributed by atoms with Gasteiger partial charge in [-0.2, -0.15) is 0 Å². The van der Waals surface area contributed by atoms with Gasteiger partial charge in [0.1, 0.15) is 11.6 Å². The van der Waals surface area contributed by atoms with Gasteiger partial charge in [0.05, 0.1) is 16.0 Å². The Hall–Kier alpha value is 0.360. The van der Waals surface area contributed by atoms with E-state index in [0.29, 0.717) is 0 Å². The molecule has 0 saturated heterocycles. The van der Waals surface area contributed by atoms with Crippen molar-refractivity contribution in [3.63, 3.8) is 0 Å². The van der Waals surface area contributed by atoms with E-state index >= 15 is 0 Å². The molecule has 0 aliphatic rings. The summed E-state index contributed by atoms with van der Waals surface area (Å²) in [5.74, 6) is -1.32. The Morgan fingerprint density at radius 2 is 1.80 bits per heavy atom. The molecule has 0 aliphatic heterocycles. The van der Waals surface area contributed by atoms with Gasteiger partial charge in [-0.15, -0.1) is 0 Å². The molecule has 0 bridgehead atoms. The molecule has 0 aliphatic carbocycles. The first-order valence-corrected chi connectivity index (χ1v) is 4.62. The number of carbonyl (C=O) groups is 1. The summed E-state index contributed by atoms with van der Waals surface area (Å²) in [6.07, 6.45) is 0. The third kappa shape index (κ3) is 4.39. The average molecular weight is 277 g/mol. The fourth-order valence-electron chi connectivity index (χ4n) is 0.772. The van der Waals surface area contributed by atoms with E-state index in [-0.39, 0.29) is 50.4 Å². The van der Waals surface area contributed by atoms with Gasteiger partial charge in [0.2, 0.25) is 0 Å². The first-order valence-electron chi connectivity index (χ1n) is 3.48. The van der Waals surface area contributed by atoms with Crippen LogP contribution in [0.2, 0.25) is 15.1 Å². The fourth-order valence-corrected chi connectivity index (χ4v) is 1.40. The molecule has 0 aromatic heterocycles. The summed E-state index contributed by atoms with van der Waals surface area (Å²) in [5, 5.41) is 10.6. The topological polar surface area (TPSA) is 49.4 Å². The number of halogens is 3. The molecule has 1 aromatic carbocycles. The van der Waals surface area contributed by atoms with Crippen LogP contribution in [0, 0.1) is 0 Å². The van der Waals surface area contributed by atoms with Crippen LogP contribution in [-0.2, 0) is 4.79 Å². The van der Waals surface area contributed by atoms with E-state index < -0.39 is 12.6 Å². The molecule has 0 saturated carbocycles. The van der Waals surface area contributed by atoms with E-state index in [9.17, 15) is 9.90 Å². The Balaban J connectivity index is 0.00000196. The molecule has 0 unspecified atom stereocenters. The second-order valence-corrected chi connectivity index (χ2v) is 3.53. The summed E-state index contributed by atoms with van der Waals surface area (Å²) >= 11 is 17.1. The summed E-state index contributed by atoms with van der Waals surface area (Å²) in [6, 6.07) is 2.94. The van der Waals surface area contributed by atoms with Crippen molar-refractivity contribution in [2.75, 3.05) is 6.61 Å². The second-order valence-electron chi connectivity index (χ2n) is 2.33. The van der Waals surface area contributed by atoms with Crippen molar-refractivity contribution >= 4 is 40.8 Å². The van der Waals surface area contributed by atoms with Gasteiger partial charge in [-0.25, -0.2) is 0 Å². The maximum Gasteiger partial charge on any atom is 1.00 e. The average Bonchev–Trinajstić information content (AvgIpc) is 2.11. The number of carbonyl (C=O) groups excluding carboxylic acids is 1. The van der Waals surface area contributed by atoms with Crippen molar-refractivity contribution in [1.82, 2.24) is 0 Å². The Morgan fingerprint density at radius 1 is 1.27 bits per heavy atom. The molecule has 0 N–H and O–H groups in total. The number of carboxylic acids is 1. The van der Waals surface area contributed by atoms with E-state index in [2.05, 4.69) is 0 Å². The molecule has 76 valence electrons. The molecule has 0 radical (unpaired) electrons. The number of hydrogen-bond acceptors (Lipinski definition) is 3. The van der Waals surface area contributed by atoms with Crippen LogP contribution < -0.4 is 39.4 Å². The summed E-state index contributed by atoms with van der Waals surface area (Å²) < 4.78 is 4.80. The Bertz CT molecular complexity index is 370. The summed E-state index contributed by atoms with van der Waals surface area (Å²) in [5.41, 5.74) is 0. The van der Waals surface area contributed by atoms with Gasteiger partial charge in [0, 0.05) is 0 Å². The fraction of sp³-hybridized carbons (Fsp3) is 0.125. The maximum absolute atomic E-state index is 10.1. The van der Waals surface area contributed by atoms with Crippen LogP contribution in [0.3, 0.4) is 0 Å². The Labute approximate surface area is 124 Å². The van der Waals surface area contributed by atoms with Gasteiger partial charge in [0.15, 0.2) is 5.75 Å². The minimum atomic E-state index is -1.36. The predicted octanol–water partition coefficient (Wildman–Crippen LogP) is -1.22. The zero-order valence-electron chi connectivity index (χ0n) is 7.72. The van der Waals surface area contributed by atoms with Crippen molar-refractivity contribution in [3.05, 3.63) is 27.2 Å². The largest absolute Gasteiger partial charge is 1.00 e. The molecule has 3 nitrogen and oxygen atoms in total. The molecule has 0 heterocycles. The van der Waals surface area contributed by atoms with Crippen molar-refractivity contribution in [1.29, 1.82) is 0 Å². The summed E-state index contributed by atoms with van der Waals surface area (Å²) in [6.45, 7) is -0.625. The van der Waals surface area contributed by atoms with Crippen LogP contribution in [0.4, 0.5) is 0 Å². The minimum absolute atomic E-state index is 0. The zero-order valence-corrected chi connectivity index (χ0v) is 12.0. The Morgan fingerprint density at radius 3 is 2.33 bits per heavy atom. The van der Waals surface area contributed by atoms with Crippen LogP contribution >= 0.6 is 34.8 Å². The standard InChI is InChI=1S/C8H5Cl3O3.Na/c9-4-1-2-5(10)8(7(4)11)14-3-6(12)13;/h1-2H,3H2,(H,12,13);/q;+1/p-1. The van der Waals surface area contributed by atoms with Crippen LogP contribution in [0.25, 0.3) is 0 Å². The number of ether oxygens (including phenoxy) is 1. The summed E-state index contributed by atoms with van der Waals surface area (Å²) in [7, 11) is 0. The third-order valence-electron chi connectivity index (χ3n) is 1.34. The van der Waals surface area contributed by atoms with Crippen molar-refractivity contribution in [2.45, 2.75) is 0 Å². The number of rotatable bonds is 3. The molecule has 15 heavy (non-hydrogen) atoms. The molecule has 0 spiro atoms.